The lowest BCUT2D eigenvalue weighted by Crippen LogP contribution is -2.41. The van der Waals surface area contributed by atoms with E-state index < -0.39 is 10.0 Å². The molecule has 0 fully saturated rings. The Bertz CT molecular complexity index is 987. The van der Waals surface area contributed by atoms with Gasteiger partial charge in [0.2, 0.25) is 10.0 Å². The van der Waals surface area contributed by atoms with Gasteiger partial charge in [0.05, 0.1) is 17.1 Å². The van der Waals surface area contributed by atoms with E-state index in [1.54, 1.807) is 7.05 Å². The number of halogens is 1. The first-order valence-electron chi connectivity index (χ1n) is 9.35. The normalized spacial score (nSPS) is 13.8. The predicted molar refractivity (Wildman–Crippen MR) is 128 cm³/mol. The van der Waals surface area contributed by atoms with Crippen LogP contribution in [0.15, 0.2) is 29.3 Å². The van der Waals surface area contributed by atoms with Crippen molar-refractivity contribution in [2.24, 2.45) is 12.0 Å². The SMILES string of the molecule is CN=C(NCCS(=O)(=O)N1CCc2ccccc21)NCc1c(C)nn(C)c1C.I. The highest BCUT2D eigenvalue weighted by Gasteiger charge is 2.28. The topological polar surface area (TPSA) is 91.6 Å². The van der Waals surface area contributed by atoms with E-state index in [-0.39, 0.29) is 36.3 Å². The molecule has 2 heterocycles. The van der Waals surface area contributed by atoms with E-state index in [9.17, 15) is 8.42 Å². The van der Waals surface area contributed by atoms with Crippen LogP contribution in [0.5, 0.6) is 0 Å². The van der Waals surface area contributed by atoms with E-state index in [0.29, 0.717) is 19.0 Å². The zero-order valence-corrected chi connectivity index (χ0v) is 20.4. The van der Waals surface area contributed by atoms with Crippen molar-refractivity contribution in [2.75, 3.05) is 30.2 Å². The number of guanidine groups is 1. The molecule has 0 radical (unpaired) electrons. The molecule has 0 amide bonds. The molecule has 160 valence electrons. The van der Waals surface area contributed by atoms with Crippen molar-refractivity contribution in [2.45, 2.75) is 26.8 Å². The monoisotopic (exact) mass is 532 g/mol. The Kier molecular flexibility index (Phi) is 7.92. The van der Waals surface area contributed by atoms with Crippen LogP contribution < -0.4 is 14.9 Å². The molecule has 3 rings (SSSR count). The van der Waals surface area contributed by atoms with Crippen LogP contribution in [0.4, 0.5) is 5.69 Å². The Balaban J connectivity index is 0.00000300. The number of para-hydroxylation sites is 1. The highest BCUT2D eigenvalue weighted by atomic mass is 127. The van der Waals surface area contributed by atoms with E-state index in [4.69, 9.17) is 0 Å². The van der Waals surface area contributed by atoms with E-state index >= 15 is 0 Å². The van der Waals surface area contributed by atoms with Crippen LogP contribution in [0, 0.1) is 13.8 Å². The average molecular weight is 532 g/mol. The standard InChI is InChI=1S/C19H28N6O2S.HI/c1-14-17(15(2)24(4)23-14)13-22-19(20-3)21-10-12-28(26,27)25-11-9-16-7-5-6-8-18(16)25;/h5-8H,9-13H2,1-4H3,(H2,20,21,22);1H. The predicted octanol–water partition coefficient (Wildman–Crippen LogP) is 1.71. The van der Waals surface area contributed by atoms with Crippen LogP contribution in [0.2, 0.25) is 0 Å². The van der Waals surface area contributed by atoms with Crippen molar-refractivity contribution < 1.29 is 8.42 Å². The fraction of sp³-hybridized carbons (Fsp3) is 0.474. The highest BCUT2D eigenvalue weighted by Crippen LogP contribution is 2.29. The number of nitrogens with one attached hydrogen (secondary N) is 2. The first-order valence-corrected chi connectivity index (χ1v) is 11.0. The molecule has 1 aromatic heterocycles. The van der Waals surface area contributed by atoms with Gasteiger partial charge in [0.15, 0.2) is 5.96 Å². The second kappa shape index (κ2) is 9.79. The molecule has 0 saturated carbocycles. The molecule has 0 saturated heterocycles. The number of aromatic nitrogens is 2. The summed E-state index contributed by atoms with van der Waals surface area (Å²) in [5.41, 5.74) is 5.06. The minimum Gasteiger partial charge on any atom is -0.355 e. The van der Waals surface area contributed by atoms with E-state index in [1.165, 1.54) is 4.31 Å². The summed E-state index contributed by atoms with van der Waals surface area (Å²) in [7, 11) is 0.207. The summed E-state index contributed by atoms with van der Waals surface area (Å²) in [5.74, 6) is 0.576. The third-order valence-corrected chi connectivity index (χ3v) is 6.92. The third kappa shape index (κ3) is 5.21. The van der Waals surface area contributed by atoms with E-state index in [2.05, 4.69) is 20.7 Å². The van der Waals surface area contributed by atoms with Gasteiger partial charge in [-0.25, -0.2) is 8.42 Å². The van der Waals surface area contributed by atoms with Crippen molar-refractivity contribution in [3.63, 3.8) is 0 Å². The van der Waals surface area contributed by atoms with Crippen molar-refractivity contribution in [3.05, 3.63) is 46.8 Å². The number of benzene rings is 1. The third-order valence-electron chi connectivity index (χ3n) is 5.15. The first kappa shape index (κ1) is 23.5. The summed E-state index contributed by atoms with van der Waals surface area (Å²) in [5, 5.41) is 10.7. The minimum atomic E-state index is -3.38. The maximum absolute atomic E-state index is 12.8. The molecule has 29 heavy (non-hydrogen) atoms. The van der Waals surface area contributed by atoms with Crippen LogP contribution >= 0.6 is 24.0 Å². The Hall–Kier alpha value is -1.82. The van der Waals surface area contributed by atoms with Crippen LogP contribution in [-0.2, 0) is 30.0 Å². The zero-order valence-electron chi connectivity index (χ0n) is 17.3. The van der Waals surface area contributed by atoms with Crippen LogP contribution in [0.3, 0.4) is 0 Å². The number of aryl methyl sites for hydroxylation is 2. The maximum atomic E-state index is 12.8. The molecule has 0 unspecified atom stereocenters. The van der Waals surface area contributed by atoms with E-state index in [1.807, 2.05) is 49.8 Å². The lowest BCUT2D eigenvalue weighted by Gasteiger charge is -2.20. The van der Waals surface area contributed by atoms with Crippen LogP contribution in [0.1, 0.15) is 22.5 Å². The zero-order chi connectivity index (χ0) is 20.3. The number of hydrogen-bond donors (Lipinski definition) is 2. The van der Waals surface area contributed by atoms with Crippen molar-refractivity contribution in [1.29, 1.82) is 0 Å². The van der Waals surface area contributed by atoms with Crippen LogP contribution in [0.25, 0.3) is 0 Å². The smallest absolute Gasteiger partial charge is 0.236 e. The average Bonchev–Trinajstić information content (AvgIpc) is 3.20. The second-order valence-corrected chi connectivity index (χ2v) is 8.91. The van der Waals surface area contributed by atoms with Crippen LogP contribution in [-0.4, -0.2) is 50.0 Å². The number of sulfonamides is 1. The lowest BCUT2D eigenvalue weighted by molar-refractivity contribution is 0.591. The molecule has 0 bridgehead atoms. The molecule has 1 aromatic carbocycles. The van der Waals surface area contributed by atoms with Gasteiger partial charge < -0.3 is 10.6 Å². The molecule has 1 aliphatic rings. The Morgan fingerprint density at radius 2 is 1.97 bits per heavy atom. The summed E-state index contributed by atoms with van der Waals surface area (Å²) in [6, 6.07) is 7.67. The summed E-state index contributed by atoms with van der Waals surface area (Å²) in [6.45, 7) is 5.37. The first-order chi connectivity index (χ1) is 13.3. The van der Waals surface area contributed by atoms with Crippen molar-refractivity contribution >= 4 is 45.6 Å². The van der Waals surface area contributed by atoms with Gasteiger partial charge in [0.1, 0.15) is 0 Å². The number of rotatable bonds is 6. The number of anilines is 1. The Morgan fingerprint density at radius 3 is 2.62 bits per heavy atom. The van der Waals surface area contributed by atoms with Gasteiger partial charge in [-0.1, -0.05) is 18.2 Å². The van der Waals surface area contributed by atoms with Crippen molar-refractivity contribution in [1.82, 2.24) is 20.4 Å². The largest absolute Gasteiger partial charge is 0.355 e. The summed E-state index contributed by atoms with van der Waals surface area (Å²) < 4.78 is 28.9. The van der Waals surface area contributed by atoms with Gasteiger partial charge in [-0.2, -0.15) is 5.10 Å². The van der Waals surface area contributed by atoms with Gasteiger partial charge in [-0.3, -0.25) is 14.0 Å². The maximum Gasteiger partial charge on any atom is 0.236 e. The molecule has 0 spiro atoms. The van der Waals surface area contributed by atoms with Gasteiger partial charge in [0.25, 0.3) is 0 Å². The highest BCUT2D eigenvalue weighted by molar-refractivity contribution is 14.0. The number of fused-ring (bicyclic) bond motifs is 1. The molecule has 0 atom stereocenters. The fourth-order valence-corrected chi connectivity index (χ4v) is 4.90. The molecule has 0 aliphatic carbocycles. The Morgan fingerprint density at radius 1 is 1.24 bits per heavy atom. The fourth-order valence-electron chi connectivity index (χ4n) is 3.47. The van der Waals surface area contributed by atoms with Crippen molar-refractivity contribution in [3.8, 4) is 0 Å². The van der Waals surface area contributed by atoms with Gasteiger partial charge in [-0.05, 0) is 31.9 Å². The Labute approximate surface area is 189 Å². The summed E-state index contributed by atoms with van der Waals surface area (Å²) >= 11 is 0. The lowest BCUT2D eigenvalue weighted by atomic mass is 10.2. The summed E-state index contributed by atoms with van der Waals surface area (Å²) in [6.07, 6.45) is 0.760. The molecule has 2 aromatic rings. The van der Waals surface area contributed by atoms with Gasteiger partial charge in [0, 0.05) is 45.0 Å². The number of hydrogen-bond acceptors (Lipinski definition) is 4. The summed E-state index contributed by atoms with van der Waals surface area (Å²) in [4.78, 5) is 4.18. The molecular formula is C19H29IN6O2S. The van der Waals surface area contributed by atoms with Gasteiger partial charge >= 0.3 is 0 Å². The van der Waals surface area contributed by atoms with E-state index in [0.717, 1.165) is 34.6 Å². The molecule has 1 aliphatic heterocycles. The van der Waals surface area contributed by atoms with Gasteiger partial charge in [-0.15, -0.1) is 24.0 Å². The molecule has 2 N–H and O–H groups in total. The molecule has 8 nitrogen and oxygen atoms in total. The molecular weight excluding hydrogens is 503 g/mol. The molecule has 10 heteroatoms. The quantitative estimate of drug-likeness (QED) is 0.336. The minimum absolute atomic E-state index is 0. The number of nitrogens with zero attached hydrogens (tertiary/aromatic N) is 4. The number of aliphatic imine (C=N–C) groups is 1. The second-order valence-electron chi connectivity index (χ2n) is 6.89.